The van der Waals surface area contributed by atoms with Crippen LogP contribution in [0.25, 0.3) is 0 Å². The molecule has 1 rings (SSSR count). The summed E-state index contributed by atoms with van der Waals surface area (Å²) in [7, 11) is 0. The van der Waals surface area contributed by atoms with Crippen molar-refractivity contribution in [2.24, 2.45) is 5.92 Å². The van der Waals surface area contributed by atoms with E-state index in [1.165, 1.54) is 64.8 Å². The van der Waals surface area contributed by atoms with Crippen molar-refractivity contribution in [3.63, 3.8) is 0 Å². The highest BCUT2D eigenvalue weighted by Gasteiger charge is 2.14. The third-order valence-electron chi connectivity index (χ3n) is 3.34. The second-order valence-corrected chi connectivity index (χ2v) is 4.85. The van der Waals surface area contributed by atoms with Crippen LogP contribution in [0.15, 0.2) is 0 Å². The van der Waals surface area contributed by atoms with Gasteiger partial charge in [0.2, 0.25) is 0 Å². The molecule has 0 aromatic heterocycles. The summed E-state index contributed by atoms with van der Waals surface area (Å²) in [4.78, 5) is 2.66. The molecule has 0 atom stereocenters. The van der Waals surface area contributed by atoms with Crippen molar-refractivity contribution < 1.29 is 0 Å². The first-order valence-electron chi connectivity index (χ1n) is 6.79. The Balaban J connectivity index is 2.27. The van der Waals surface area contributed by atoms with Crippen LogP contribution in [0, 0.1) is 5.92 Å². The highest BCUT2D eigenvalue weighted by molar-refractivity contribution is 4.70. The number of rotatable bonds is 6. The molecule has 1 N–H and O–H groups in total. The molecule has 0 spiro atoms. The highest BCUT2D eigenvalue weighted by Crippen LogP contribution is 2.15. The third kappa shape index (κ3) is 5.53. The monoisotopic (exact) mass is 212 g/mol. The van der Waals surface area contributed by atoms with Gasteiger partial charge in [0.15, 0.2) is 0 Å². The van der Waals surface area contributed by atoms with E-state index in [2.05, 4.69) is 24.1 Å². The van der Waals surface area contributed by atoms with Crippen LogP contribution in [-0.4, -0.2) is 37.6 Å². The van der Waals surface area contributed by atoms with Gasteiger partial charge in [-0.15, -0.1) is 0 Å². The molecule has 2 heteroatoms. The predicted octanol–water partition coefficient (Wildman–Crippen LogP) is 2.50. The van der Waals surface area contributed by atoms with E-state index in [0.29, 0.717) is 0 Å². The lowest BCUT2D eigenvalue weighted by atomic mass is 9.97. The molecule has 0 aliphatic carbocycles. The lowest BCUT2D eigenvalue weighted by Crippen LogP contribution is -2.32. The van der Waals surface area contributed by atoms with Gasteiger partial charge in [0.25, 0.3) is 0 Å². The molecule has 0 aromatic rings. The minimum atomic E-state index is 0.943. The van der Waals surface area contributed by atoms with E-state index >= 15 is 0 Å². The van der Waals surface area contributed by atoms with E-state index in [0.717, 1.165) is 5.92 Å². The molecule has 1 saturated heterocycles. The van der Waals surface area contributed by atoms with Crippen LogP contribution >= 0.6 is 0 Å². The van der Waals surface area contributed by atoms with Crippen LogP contribution in [0.2, 0.25) is 0 Å². The highest BCUT2D eigenvalue weighted by atomic mass is 15.1. The van der Waals surface area contributed by atoms with Gasteiger partial charge in [-0.1, -0.05) is 26.7 Å². The third-order valence-corrected chi connectivity index (χ3v) is 3.34. The maximum absolute atomic E-state index is 3.47. The Morgan fingerprint density at radius 3 is 2.47 bits per heavy atom. The minimum absolute atomic E-state index is 0.943. The van der Waals surface area contributed by atoms with Crippen molar-refractivity contribution in [1.82, 2.24) is 10.2 Å². The molecule has 1 aliphatic rings. The normalized spacial score (nSPS) is 19.4. The number of hydrogen-bond donors (Lipinski definition) is 1. The number of hydrogen-bond acceptors (Lipinski definition) is 2. The Kier molecular flexibility index (Phi) is 7.03. The minimum Gasteiger partial charge on any atom is -0.315 e. The van der Waals surface area contributed by atoms with Crippen molar-refractivity contribution in [2.45, 2.75) is 46.0 Å². The molecule has 0 unspecified atom stereocenters. The molecule has 1 aliphatic heterocycles. The zero-order valence-corrected chi connectivity index (χ0v) is 10.6. The van der Waals surface area contributed by atoms with Crippen LogP contribution in [0.1, 0.15) is 46.0 Å². The summed E-state index contributed by atoms with van der Waals surface area (Å²) >= 11 is 0. The van der Waals surface area contributed by atoms with E-state index in [1.54, 1.807) is 0 Å². The van der Waals surface area contributed by atoms with Crippen molar-refractivity contribution in [3.05, 3.63) is 0 Å². The largest absolute Gasteiger partial charge is 0.315 e. The van der Waals surface area contributed by atoms with E-state index in [4.69, 9.17) is 0 Å². The molecule has 15 heavy (non-hydrogen) atoms. The maximum atomic E-state index is 3.47. The van der Waals surface area contributed by atoms with Crippen molar-refractivity contribution in [1.29, 1.82) is 0 Å². The first kappa shape index (κ1) is 13.0. The predicted molar refractivity (Wildman–Crippen MR) is 67.2 cm³/mol. The van der Waals surface area contributed by atoms with Gasteiger partial charge in [-0.25, -0.2) is 0 Å². The van der Waals surface area contributed by atoms with Gasteiger partial charge >= 0.3 is 0 Å². The van der Waals surface area contributed by atoms with Gasteiger partial charge in [0.05, 0.1) is 0 Å². The molecular formula is C13H28N2. The SMILES string of the molecule is CCCC(CCC)CN1CCCNCC1. The van der Waals surface area contributed by atoms with Crippen LogP contribution in [0.5, 0.6) is 0 Å². The fourth-order valence-corrected chi connectivity index (χ4v) is 2.59. The smallest absolute Gasteiger partial charge is 0.0107 e. The lowest BCUT2D eigenvalue weighted by Gasteiger charge is -2.25. The molecule has 0 amide bonds. The Morgan fingerprint density at radius 2 is 1.80 bits per heavy atom. The Hall–Kier alpha value is -0.0800. The van der Waals surface area contributed by atoms with Gasteiger partial charge in [-0.3, -0.25) is 0 Å². The molecule has 90 valence electrons. The molecule has 2 nitrogen and oxygen atoms in total. The summed E-state index contributed by atoms with van der Waals surface area (Å²) in [6.45, 7) is 10.9. The first-order chi connectivity index (χ1) is 7.36. The maximum Gasteiger partial charge on any atom is 0.0107 e. The van der Waals surface area contributed by atoms with Crippen molar-refractivity contribution in [3.8, 4) is 0 Å². The number of nitrogens with one attached hydrogen (secondary N) is 1. The zero-order valence-electron chi connectivity index (χ0n) is 10.6. The van der Waals surface area contributed by atoms with Gasteiger partial charge in [0, 0.05) is 19.6 Å². The summed E-state index contributed by atoms with van der Waals surface area (Å²) in [6, 6.07) is 0. The Bertz CT molecular complexity index is 133. The summed E-state index contributed by atoms with van der Waals surface area (Å²) in [5.41, 5.74) is 0. The summed E-state index contributed by atoms with van der Waals surface area (Å²) in [5, 5.41) is 3.47. The second-order valence-electron chi connectivity index (χ2n) is 4.85. The van der Waals surface area contributed by atoms with E-state index in [-0.39, 0.29) is 0 Å². The van der Waals surface area contributed by atoms with Gasteiger partial charge in [-0.2, -0.15) is 0 Å². The Morgan fingerprint density at radius 1 is 1.07 bits per heavy atom. The average Bonchev–Trinajstić information content (AvgIpc) is 2.47. The zero-order chi connectivity index (χ0) is 10.9. The molecule has 0 saturated carbocycles. The first-order valence-corrected chi connectivity index (χ1v) is 6.79. The molecule has 1 fully saturated rings. The van der Waals surface area contributed by atoms with E-state index in [9.17, 15) is 0 Å². The molecule has 0 aromatic carbocycles. The van der Waals surface area contributed by atoms with Crippen molar-refractivity contribution >= 4 is 0 Å². The molecule has 0 radical (unpaired) electrons. The van der Waals surface area contributed by atoms with Gasteiger partial charge < -0.3 is 10.2 Å². The summed E-state index contributed by atoms with van der Waals surface area (Å²) in [5.74, 6) is 0.943. The van der Waals surface area contributed by atoms with Gasteiger partial charge in [0.1, 0.15) is 0 Å². The quantitative estimate of drug-likeness (QED) is 0.728. The second kappa shape index (κ2) is 8.12. The van der Waals surface area contributed by atoms with Crippen LogP contribution < -0.4 is 5.32 Å². The number of nitrogens with zero attached hydrogens (tertiary/aromatic N) is 1. The average molecular weight is 212 g/mol. The standard InChI is InChI=1S/C13H28N2/c1-3-6-13(7-4-2)12-15-10-5-8-14-9-11-15/h13-14H,3-12H2,1-2H3. The summed E-state index contributed by atoms with van der Waals surface area (Å²) in [6.07, 6.45) is 6.84. The Labute approximate surface area is 95.4 Å². The molecular weight excluding hydrogens is 184 g/mol. The molecule has 0 bridgehead atoms. The molecule has 1 heterocycles. The van der Waals surface area contributed by atoms with Crippen LogP contribution in [0.4, 0.5) is 0 Å². The van der Waals surface area contributed by atoms with E-state index in [1.807, 2.05) is 0 Å². The summed E-state index contributed by atoms with van der Waals surface area (Å²) < 4.78 is 0. The van der Waals surface area contributed by atoms with E-state index < -0.39 is 0 Å². The topological polar surface area (TPSA) is 15.3 Å². The van der Waals surface area contributed by atoms with Crippen LogP contribution in [-0.2, 0) is 0 Å². The lowest BCUT2D eigenvalue weighted by molar-refractivity contribution is 0.228. The van der Waals surface area contributed by atoms with Crippen molar-refractivity contribution in [2.75, 3.05) is 32.7 Å². The van der Waals surface area contributed by atoms with Crippen LogP contribution in [0.3, 0.4) is 0 Å². The fraction of sp³-hybridized carbons (Fsp3) is 1.00. The fourth-order valence-electron chi connectivity index (χ4n) is 2.59. The van der Waals surface area contributed by atoms with Gasteiger partial charge in [-0.05, 0) is 38.3 Å².